The lowest BCUT2D eigenvalue weighted by atomic mass is 9.86. The number of amides is 2. The number of carbonyl (C=O) groups is 2. The van der Waals surface area contributed by atoms with Gasteiger partial charge in [0, 0.05) is 24.8 Å². The van der Waals surface area contributed by atoms with E-state index in [0.29, 0.717) is 38.1 Å². The highest BCUT2D eigenvalue weighted by atomic mass is 16.5. The summed E-state index contributed by atoms with van der Waals surface area (Å²) >= 11 is 0. The summed E-state index contributed by atoms with van der Waals surface area (Å²) in [6.07, 6.45) is 4.30. The minimum absolute atomic E-state index is 0.0382. The fraction of sp³-hybridized carbons (Fsp3) is 0.611. The Morgan fingerprint density at radius 1 is 1.24 bits per heavy atom. The number of nitrogens with zero attached hydrogens (tertiary/aromatic N) is 1. The van der Waals surface area contributed by atoms with E-state index in [9.17, 15) is 9.59 Å². The third-order valence-electron chi connectivity index (χ3n) is 4.07. The molecule has 2 rings (SSSR count). The first-order valence-electron chi connectivity index (χ1n) is 8.64. The van der Waals surface area contributed by atoms with Crippen molar-refractivity contribution in [1.82, 2.24) is 15.6 Å². The molecule has 0 saturated heterocycles. The summed E-state index contributed by atoms with van der Waals surface area (Å²) in [6, 6.07) is 3.45. The SMILES string of the molecule is CC(C)(C)Oc1ccc(CNC(=O)NC2CCC(C(=O)O)CC2)cn1. The first kappa shape index (κ1) is 19.0. The Balaban J connectivity index is 1.72. The zero-order valence-electron chi connectivity index (χ0n) is 15.0. The smallest absolute Gasteiger partial charge is 0.315 e. The maximum Gasteiger partial charge on any atom is 0.315 e. The van der Waals surface area contributed by atoms with E-state index in [2.05, 4.69) is 15.6 Å². The summed E-state index contributed by atoms with van der Waals surface area (Å²) in [4.78, 5) is 27.1. The summed E-state index contributed by atoms with van der Waals surface area (Å²) < 4.78 is 5.66. The molecule has 1 aromatic rings. The van der Waals surface area contributed by atoms with Gasteiger partial charge >= 0.3 is 12.0 Å². The van der Waals surface area contributed by atoms with E-state index in [4.69, 9.17) is 9.84 Å². The van der Waals surface area contributed by atoms with Crippen molar-refractivity contribution >= 4 is 12.0 Å². The van der Waals surface area contributed by atoms with Crippen LogP contribution in [0.5, 0.6) is 5.88 Å². The van der Waals surface area contributed by atoms with E-state index in [1.54, 1.807) is 12.3 Å². The maximum absolute atomic E-state index is 12.0. The number of aliphatic carboxylic acids is 1. The van der Waals surface area contributed by atoms with Gasteiger partial charge in [0.25, 0.3) is 0 Å². The summed E-state index contributed by atoms with van der Waals surface area (Å²) in [6.45, 7) is 6.24. The second kappa shape index (κ2) is 8.18. The minimum atomic E-state index is -0.741. The molecule has 3 N–H and O–H groups in total. The van der Waals surface area contributed by atoms with Crippen LogP contribution in [0.4, 0.5) is 4.79 Å². The highest BCUT2D eigenvalue weighted by Gasteiger charge is 2.26. The molecular weight excluding hydrogens is 322 g/mol. The van der Waals surface area contributed by atoms with Gasteiger partial charge in [-0.05, 0) is 52.0 Å². The molecule has 1 heterocycles. The largest absolute Gasteiger partial charge is 0.481 e. The number of rotatable bonds is 5. The van der Waals surface area contributed by atoms with Gasteiger partial charge in [-0.3, -0.25) is 4.79 Å². The lowest BCUT2D eigenvalue weighted by Gasteiger charge is -2.26. The summed E-state index contributed by atoms with van der Waals surface area (Å²) in [7, 11) is 0. The van der Waals surface area contributed by atoms with Crippen LogP contribution in [0.1, 0.15) is 52.0 Å². The number of urea groups is 1. The van der Waals surface area contributed by atoms with Crippen molar-refractivity contribution in [3.63, 3.8) is 0 Å². The van der Waals surface area contributed by atoms with Gasteiger partial charge in [-0.1, -0.05) is 6.07 Å². The average Bonchev–Trinajstić information content (AvgIpc) is 2.53. The molecule has 7 nitrogen and oxygen atoms in total. The van der Waals surface area contributed by atoms with E-state index in [0.717, 1.165) is 5.56 Å². The second-order valence-electron chi connectivity index (χ2n) is 7.43. The number of hydrogen-bond donors (Lipinski definition) is 3. The molecule has 7 heteroatoms. The van der Waals surface area contributed by atoms with E-state index < -0.39 is 5.97 Å². The van der Waals surface area contributed by atoms with E-state index >= 15 is 0 Å². The van der Waals surface area contributed by atoms with Crippen LogP contribution in [0.15, 0.2) is 18.3 Å². The monoisotopic (exact) mass is 349 g/mol. The zero-order valence-corrected chi connectivity index (χ0v) is 15.0. The molecule has 138 valence electrons. The number of ether oxygens (including phenoxy) is 1. The fourth-order valence-electron chi connectivity index (χ4n) is 2.79. The lowest BCUT2D eigenvalue weighted by Crippen LogP contribution is -2.43. The number of carboxylic acid groups (broad SMARTS) is 1. The van der Waals surface area contributed by atoms with E-state index in [1.807, 2.05) is 26.8 Å². The number of pyridine rings is 1. The molecule has 1 fully saturated rings. The highest BCUT2D eigenvalue weighted by molar-refractivity contribution is 5.74. The van der Waals surface area contributed by atoms with Crippen LogP contribution in [0.2, 0.25) is 0 Å². The van der Waals surface area contributed by atoms with Crippen LogP contribution in [-0.4, -0.2) is 33.7 Å². The Morgan fingerprint density at radius 3 is 2.44 bits per heavy atom. The molecule has 1 aliphatic rings. The van der Waals surface area contributed by atoms with Crippen LogP contribution < -0.4 is 15.4 Å². The van der Waals surface area contributed by atoms with Crippen LogP contribution in [0.3, 0.4) is 0 Å². The van der Waals surface area contributed by atoms with Gasteiger partial charge in [-0.2, -0.15) is 0 Å². The van der Waals surface area contributed by atoms with Crippen molar-refractivity contribution in [2.75, 3.05) is 0 Å². The van der Waals surface area contributed by atoms with Crippen molar-refractivity contribution in [1.29, 1.82) is 0 Å². The molecule has 0 radical (unpaired) electrons. The van der Waals surface area contributed by atoms with Gasteiger partial charge in [0.15, 0.2) is 0 Å². The first-order chi connectivity index (χ1) is 11.7. The molecule has 0 spiro atoms. The van der Waals surface area contributed by atoms with Gasteiger partial charge in [0.1, 0.15) is 5.60 Å². The van der Waals surface area contributed by atoms with Gasteiger partial charge in [-0.25, -0.2) is 9.78 Å². The predicted molar refractivity (Wildman–Crippen MR) is 93.4 cm³/mol. The Morgan fingerprint density at radius 2 is 1.92 bits per heavy atom. The predicted octanol–water partition coefficient (Wildman–Crippen LogP) is 2.70. The Kier molecular flexibility index (Phi) is 6.22. The highest BCUT2D eigenvalue weighted by Crippen LogP contribution is 2.24. The number of carboxylic acids is 1. The molecule has 1 aliphatic carbocycles. The van der Waals surface area contributed by atoms with Crippen LogP contribution in [0.25, 0.3) is 0 Å². The third-order valence-corrected chi connectivity index (χ3v) is 4.07. The normalized spacial score (nSPS) is 20.6. The van der Waals surface area contributed by atoms with Crippen molar-refractivity contribution in [3.8, 4) is 5.88 Å². The second-order valence-corrected chi connectivity index (χ2v) is 7.43. The minimum Gasteiger partial charge on any atom is -0.481 e. The summed E-state index contributed by atoms with van der Waals surface area (Å²) in [5.74, 6) is -0.466. The number of carbonyl (C=O) groups excluding carboxylic acids is 1. The molecule has 0 bridgehead atoms. The molecule has 0 atom stereocenters. The first-order valence-corrected chi connectivity index (χ1v) is 8.64. The van der Waals surface area contributed by atoms with Gasteiger partial charge in [-0.15, -0.1) is 0 Å². The molecule has 0 aliphatic heterocycles. The Bertz CT molecular complexity index is 587. The lowest BCUT2D eigenvalue weighted by molar-refractivity contribution is -0.142. The summed E-state index contributed by atoms with van der Waals surface area (Å²) in [5, 5.41) is 14.7. The molecule has 25 heavy (non-hydrogen) atoms. The molecular formula is C18H27N3O4. The number of aromatic nitrogens is 1. The van der Waals surface area contributed by atoms with Crippen molar-refractivity contribution in [3.05, 3.63) is 23.9 Å². The molecule has 0 aromatic carbocycles. The summed E-state index contributed by atoms with van der Waals surface area (Å²) in [5.41, 5.74) is 0.581. The van der Waals surface area contributed by atoms with Gasteiger partial charge < -0.3 is 20.5 Å². The number of hydrogen-bond acceptors (Lipinski definition) is 4. The molecule has 1 aromatic heterocycles. The fourth-order valence-corrected chi connectivity index (χ4v) is 2.79. The molecule has 1 saturated carbocycles. The maximum atomic E-state index is 12.0. The van der Waals surface area contributed by atoms with Gasteiger partial charge in [0.05, 0.1) is 5.92 Å². The Labute approximate surface area is 148 Å². The van der Waals surface area contributed by atoms with Crippen molar-refractivity contribution < 1.29 is 19.4 Å². The standard InChI is InChI=1S/C18H27N3O4/c1-18(2,3)25-15-9-4-12(10-19-15)11-20-17(24)21-14-7-5-13(6-8-14)16(22)23/h4,9-10,13-14H,5-8,11H2,1-3H3,(H,22,23)(H2,20,21,24). The van der Waals surface area contributed by atoms with E-state index in [-0.39, 0.29) is 23.6 Å². The third kappa shape index (κ3) is 6.60. The quantitative estimate of drug-likeness (QED) is 0.759. The van der Waals surface area contributed by atoms with Crippen LogP contribution >= 0.6 is 0 Å². The number of nitrogens with one attached hydrogen (secondary N) is 2. The topological polar surface area (TPSA) is 101 Å². The van der Waals surface area contributed by atoms with Gasteiger partial charge in [0.2, 0.25) is 5.88 Å². The van der Waals surface area contributed by atoms with E-state index in [1.165, 1.54) is 0 Å². The van der Waals surface area contributed by atoms with Crippen molar-refractivity contribution in [2.45, 2.75) is 64.6 Å². The van der Waals surface area contributed by atoms with Crippen LogP contribution in [-0.2, 0) is 11.3 Å². The average molecular weight is 349 g/mol. The zero-order chi connectivity index (χ0) is 18.4. The van der Waals surface area contributed by atoms with Crippen molar-refractivity contribution in [2.24, 2.45) is 5.92 Å². The Hall–Kier alpha value is -2.31. The molecule has 2 amide bonds. The molecule has 0 unspecified atom stereocenters. The van der Waals surface area contributed by atoms with Crippen LogP contribution in [0, 0.1) is 5.92 Å².